The minimum atomic E-state index is -0.695. The summed E-state index contributed by atoms with van der Waals surface area (Å²) in [4.78, 5) is 35.0. The third-order valence-electron chi connectivity index (χ3n) is 3.63. The van der Waals surface area contributed by atoms with Gasteiger partial charge in [-0.2, -0.15) is 0 Å². The number of nitrogens with one attached hydrogen (secondary N) is 1. The van der Waals surface area contributed by atoms with Gasteiger partial charge in [0.2, 0.25) is 0 Å². The highest BCUT2D eigenvalue weighted by Gasteiger charge is 2.16. The molecule has 0 fully saturated rings. The average molecular weight is 346 g/mol. The van der Waals surface area contributed by atoms with Gasteiger partial charge < -0.3 is 14.6 Å². The van der Waals surface area contributed by atoms with Crippen LogP contribution in [0.1, 0.15) is 33.3 Å². The number of ketones is 1. The zero-order chi connectivity index (χ0) is 18.4. The summed E-state index contributed by atoms with van der Waals surface area (Å²) in [6.45, 7) is 1.18. The van der Waals surface area contributed by atoms with Crippen molar-refractivity contribution in [1.29, 1.82) is 0 Å². The Kier molecular flexibility index (Phi) is 6.05. The van der Waals surface area contributed by atoms with E-state index in [1.54, 1.807) is 25.2 Å². The molecule has 6 nitrogen and oxygen atoms in total. The number of Topliss-reactive ketones (excluding diaryl/α,β-unsaturated/α-hetero) is 1. The Balaban J connectivity index is 1.79. The summed E-state index contributed by atoms with van der Waals surface area (Å²) < 4.78 is 19.8. The van der Waals surface area contributed by atoms with Crippen molar-refractivity contribution in [3.63, 3.8) is 0 Å². The molecule has 0 atom stereocenters. The normalized spacial score (nSPS) is 10.4. The molecule has 0 bridgehead atoms. The van der Waals surface area contributed by atoms with Crippen LogP contribution < -0.4 is 5.32 Å². The van der Waals surface area contributed by atoms with E-state index in [2.05, 4.69) is 5.32 Å². The van der Waals surface area contributed by atoms with E-state index in [0.717, 1.165) is 0 Å². The number of aryl methyl sites for hydroxylation is 1. The molecule has 2 aromatic rings. The Morgan fingerprint density at radius 1 is 1.24 bits per heavy atom. The summed E-state index contributed by atoms with van der Waals surface area (Å²) in [6, 6.07) is 7.73. The number of ether oxygens (including phenoxy) is 1. The van der Waals surface area contributed by atoms with Crippen LogP contribution in [0, 0.1) is 5.82 Å². The molecular weight excluding hydrogens is 327 g/mol. The molecule has 7 heteroatoms. The third kappa shape index (κ3) is 5.00. The number of esters is 1. The van der Waals surface area contributed by atoms with E-state index < -0.39 is 18.5 Å². The predicted molar refractivity (Wildman–Crippen MR) is 88.8 cm³/mol. The first kappa shape index (κ1) is 18.4. The van der Waals surface area contributed by atoms with Crippen LogP contribution in [0.4, 0.5) is 4.39 Å². The van der Waals surface area contributed by atoms with E-state index in [0.29, 0.717) is 17.5 Å². The average Bonchev–Trinajstić information content (AvgIpc) is 2.97. The number of halogens is 1. The number of hydrogen-bond donors (Lipinski definition) is 1. The number of aromatic nitrogens is 1. The molecule has 0 saturated heterocycles. The lowest BCUT2D eigenvalue weighted by molar-refractivity contribution is -0.124. The molecular formula is C18H19FN2O4. The SMILES string of the molecule is CC(=O)c1cc(C(=O)OCC(=O)NCCc2ccccc2F)n(C)c1. The molecule has 0 radical (unpaired) electrons. The van der Waals surface area contributed by atoms with Gasteiger partial charge in [-0.05, 0) is 31.0 Å². The highest BCUT2D eigenvalue weighted by atomic mass is 19.1. The molecule has 0 aliphatic rings. The number of carbonyl (C=O) groups excluding carboxylic acids is 3. The second-order valence-corrected chi connectivity index (χ2v) is 5.55. The van der Waals surface area contributed by atoms with E-state index in [4.69, 9.17) is 4.74 Å². The lowest BCUT2D eigenvalue weighted by Gasteiger charge is -2.07. The predicted octanol–water partition coefficient (Wildman–Crippen LogP) is 1.88. The van der Waals surface area contributed by atoms with Crippen LogP contribution in [0.2, 0.25) is 0 Å². The van der Waals surface area contributed by atoms with Crippen LogP contribution in [0.5, 0.6) is 0 Å². The van der Waals surface area contributed by atoms with Crippen molar-refractivity contribution >= 4 is 17.7 Å². The van der Waals surface area contributed by atoms with E-state index in [-0.39, 0.29) is 23.8 Å². The molecule has 1 aromatic heterocycles. The van der Waals surface area contributed by atoms with Gasteiger partial charge in [0, 0.05) is 25.4 Å². The van der Waals surface area contributed by atoms with Gasteiger partial charge in [-0.1, -0.05) is 18.2 Å². The first-order valence-corrected chi connectivity index (χ1v) is 7.73. The summed E-state index contributed by atoms with van der Waals surface area (Å²) in [5.74, 6) is -1.67. The number of benzene rings is 1. The van der Waals surface area contributed by atoms with E-state index in [9.17, 15) is 18.8 Å². The molecule has 132 valence electrons. The molecule has 0 aliphatic heterocycles. The van der Waals surface area contributed by atoms with Gasteiger partial charge in [-0.3, -0.25) is 9.59 Å². The molecule has 1 aromatic carbocycles. The van der Waals surface area contributed by atoms with Crippen LogP contribution in [0.3, 0.4) is 0 Å². The Morgan fingerprint density at radius 3 is 2.60 bits per heavy atom. The van der Waals surface area contributed by atoms with Gasteiger partial charge in [0.25, 0.3) is 5.91 Å². The van der Waals surface area contributed by atoms with Crippen molar-refractivity contribution in [2.24, 2.45) is 7.05 Å². The van der Waals surface area contributed by atoms with Crippen molar-refractivity contribution in [2.75, 3.05) is 13.2 Å². The first-order chi connectivity index (χ1) is 11.9. The maximum absolute atomic E-state index is 13.4. The van der Waals surface area contributed by atoms with Crippen LogP contribution in [0.25, 0.3) is 0 Å². The summed E-state index contributed by atoms with van der Waals surface area (Å²) in [6.07, 6.45) is 1.86. The van der Waals surface area contributed by atoms with Crippen molar-refractivity contribution in [3.8, 4) is 0 Å². The number of amides is 1. The fourth-order valence-electron chi connectivity index (χ4n) is 2.25. The molecule has 2 rings (SSSR count). The molecule has 1 N–H and O–H groups in total. The number of carbonyl (C=O) groups is 3. The van der Waals surface area contributed by atoms with Gasteiger partial charge in [0.05, 0.1) is 0 Å². The van der Waals surface area contributed by atoms with E-state index in [1.165, 1.54) is 29.8 Å². The van der Waals surface area contributed by atoms with Crippen LogP contribution in [-0.2, 0) is 23.0 Å². The maximum atomic E-state index is 13.4. The minimum absolute atomic E-state index is 0.166. The van der Waals surface area contributed by atoms with Gasteiger partial charge >= 0.3 is 5.97 Å². The van der Waals surface area contributed by atoms with Crippen molar-refractivity contribution < 1.29 is 23.5 Å². The quantitative estimate of drug-likeness (QED) is 0.613. The Hall–Kier alpha value is -2.96. The fraction of sp³-hybridized carbons (Fsp3) is 0.278. The van der Waals surface area contributed by atoms with Gasteiger partial charge in [-0.25, -0.2) is 9.18 Å². The van der Waals surface area contributed by atoms with Crippen LogP contribution in [-0.4, -0.2) is 35.4 Å². The zero-order valence-electron chi connectivity index (χ0n) is 14.0. The van der Waals surface area contributed by atoms with E-state index in [1.807, 2.05) is 0 Å². The van der Waals surface area contributed by atoms with Crippen molar-refractivity contribution in [2.45, 2.75) is 13.3 Å². The highest BCUT2D eigenvalue weighted by Crippen LogP contribution is 2.09. The van der Waals surface area contributed by atoms with Crippen LogP contribution in [0.15, 0.2) is 36.5 Å². The Morgan fingerprint density at radius 2 is 1.96 bits per heavy atom. The largest absolute Gasteiger partial charge is 0.451 e. The third-order valence-corrected chi connectivity index (χ3v) is 3.63. The molecule has 0 spiro atoms. The summed E-state index contributed by atoms with van der Waals surface area (Å²) in [5, 5.41) is 2.56. The smallest absolute Gasteiger partial charge is 0.355 e. The highest BCUT2D eigenvalue weighted by molar-refractivity contribution is 5.98. The monoisotopic (exact) mass is 346 g/mol. The maximum Gasteiger partial charge on any atom is 0.355 e. The molecule has 0 aliphatic carbocycles. The minimum Gasteiger partial charge on any atom is -0.451 e. The molecule has 1 heterocycles. The topological polar surface area (TPSA) is 77.4 Å². The van der Waals surface area contributed by atoms with Gasteiger partial charge in [0.1, 0.15) is 11.5 Å². The van der Waals surface area contributed by atoms with Crippen molar-refractivity contribution in [3.05, 3.63) is 59.2 Å². The van der Waals surface area contributed by atoms with Crippen LogP contribution >= 0.6 is 0 Å². The summed E-state index contributed by atoms with van der Waals surface area (Å²) in [5.41, 5.74) is 1.08. The Bertz CT molecular complexity index is 798. The van der Waals surface area contributed by atoms with Crippen molar-refractivity contribution in [1.82, 2.24) is 9.88 Å². The lowest BCUT2D eigenvalue weighted by Crippen LogP contribution is -2.30. The molecule has 1 amide bonds. The number of nitrogens with zero attached hydrogens (tertiary/aromatic N) is 1. The second-order valence-electron chi connectivity index (χ2n) is 5.55. The molecule has 25 heavy (non-hydrogen) atoms. The van der Waals surface area contributed by atoms with Gasteiger partial charge in [0.15, 0.2) is 12.4 Å². The molecule has 0 saturated carbocycles. The molecule has 0 unspecified atom stereocenters. The van der Waals surface area contributed by atoms with E-state index >= 15 is 0 Å². The first-order valence-electron chi connectivity index (χ1n) is 7.73. The van der Waals surface area contributed by atoms with Gasteiger partial charge in [-0.15, -0.1) is 0 Å². The number of rotatable bonds is 7. The lowest BCUT2D eigenvalue weighted by atomic mass is 10.1. The fourth-order valence-corrected chi connectivity index (χ4v) is 2.25. The zero-order valence-corrected chi connectivity index (χ0v) is 14.0. The number of hydrogen-bond acceptors (Lipinski definition) is 4. The summed E-state index contributed by atoms with van der Waals surface area (Å²) in [7, 11) is 1.61. The Labute approximate surface area is 144 Å². The standard InChI is InChI=1S/C18H19FN2O4/c1-12(22)14-9-16(21(2)10-14)18(24)25-11-17(23)20-8-7-13-5-3-4-6-15(13)19/h3-6,9-10H,7-8,11H2,1-2H3,(H,20,23). The summed E-state index contributed by atoms with van der Waals surface area (Å²) >= 11 is 0. The second kappa shape index (κ2) is 8.23.